The largest absolute Gasteiger partial charge is 0.464 e. The van der Waals surface area contributed by atoms with E-state index in [-0.39, 0.29) is 12.0 Å². The monoisotopic (exact) mass is 273 g/mol. The zero-order chi connectivity index (χ0) is 14.4. The Labute approximate surface area is 118 Å². The van der Waals surface area contributed by atoms with Gasteiger partial charge in [0.1, 0.15) is 6.04 Å². The maximum Gasteiger partial charge on any atom is 0.328 e. The van der Waals surface area contributed by atoms with Crippen molar-refractivity contribution in [2.45, 2.75) is 26.4 Å². The molecule has 1 N–H and O–H groups in total. The van der Waals surface area contributed by atoms with Crippen LogP contribution < -0.4 is 5.32 Å². The van der Waals surface area contributed by atoms with Gasteiger partial charge in [0.05, 0.1) is 12.9 Å². The van der Waals surface area contributed by atoms with Crippen LogP contribution in [0.25, 0.3) is 0 Å². The van der Waals surface area contributed by atoms with Gasteiger partial charge in [-0.25, -0.2) is 9.78 Å². The highest BCUT2D eigenvalue weighted by atomic mass is 16.5. The van der Waals surface area contributed by atoms with Gasteiger partial charge in [-0.1, -0.05) is 12.1 Å². The summed E-state index contributed by atoms with van der Waals surface area (Å²) in [4.78, 5) is 15.5. The average Bonchev–Trinajstić information content (AvgIpc) is 2.94. The van der Waals surface area contributed by atoms with Crippen LogP contribution in [0.15, 0.2) is 43.0 Å². The highest BCUT2D eigenvalue weighted by Gasteiger charge is 2.12. The number of nitrogens with zero attached hydrogens (tertiary/aromatic N) is 2. The number of nitrogens with one attached hydrogen (secondary N) is 1. The van der Waals surface area contributed by atoms with Crippen molar-refractivity contribution in [3.05, 3.63) is 48.5 Å². The lowest BCUT2D eigenvalue weighted by atomic mass is 10.2. The lowest BCUT2D eigenvalue weighted by Gasteiger charge is -2.14. The van der Waals surface area contributed by atoms with E-state index in [1.165, 1.54) is 5.56 Å². The fourth-order valence-corrected chi connectivity index (χ4v) is 1.87. The molecule has 0 aliphatic rings. The molecule has 5 heteroatoms. The van der Waals surface area contributed by atoms with Gasteiger partial charge in [-0.2, -0.15) is 0 Å². The van der Waals surface area contributed by atoms with Gasteiger partial charge in [-0.15, -0.1) is 0 Å². The first-order valence-corrected chi connectivity index (χ1v) is 6.67. The van der Waals surface area contributed by atoms with E-state index < -0.39 is 0 Å². The number of anilines is 1. The highest BCUT2D eigenvalue weighted by Crippen LogP contribution is 2.12. The smallest absolute Gasteiger partial charge is 0.328 e. The van der Waals surface area contributed by atoms with Crippen LogP contribution in [0.1, 0.15) is 19.4 Å². The highest BCUT2D eigenvalue weighted by molar-refractivity contribution is 5.78. The van der Waals surface area contributed by atoms with Crippen LogP contribution in [0.2, 0.25) is 0 Å². The van der Waals surface area contributed by atoms with Crippen molar-refractivity contribution < 1.29 is 9.53 Å². The summed E-state index contributed by atoms with van der Waals surface area (Å²) < 4.78 is 6.96. The quantitative estimate of drug-likeness (QED) is 0.820. The lowest BCUT2D eigenvalue weighted by Crippen LogP contribution is -2.28. The summed E-state index contributed by atoms with van der Waals surface area (Å²) in [6.45, 7) is 4.77. The molecule has 0 aliphatic carbocycles. The average molecular weight is 273 g/mol. The maximum atomic E-state index is 11.5. The summed E-state index contributed by atoms with van der Waals surface area (Å²) in [6, 6.07) is 7.62. The number of aromatic nitrogens is 2. The Morgan fingerprint density at radius 1 is 1.40 bits per heavy atom. The van der Waals surface area contributed by atoms with Crippen LogP contribution >= 0.6 is 0 Å². The molecule has 20 heavy (non-hydrogen) atoms. The molecular formula is C15H19N3O2. The molecule has 1 atom stereocenters. The number of carbonyl (C=O) groups excluding carboxylic acids is 1. The van der Waals surface area contributed by atoms with E-state index in [1.54, 1.807) is 26.4 Å². The molecule has 0 radical (unpaired) electrons. The summed E-state index contributed by atoms with van der Waals surface area (Å²) in [7, 11) is 0. The molecule has 5 nitrogen and oxygen atoms in total. The number of esters is 1. The normalized spacial score (nSPS) is 11.9. The third kappa shape index (κ3) is 3.85. The third-order valence-corrected chi connectivity index (χ3v) is 2.90. The number of ether oxygens (including phenoxy) is 1. The summed E-state index contributed by atoms with van der Waals surface area (Å²) in [5.41, 5.74) is 2.08. The number of hydrogen-bond donors (Lipinski definition) is 1. The molecule has 0 aliphatic heterocycles. The maximum absolute atomic E-state index is 11.5. The van der Waals surface area contributed by atoms with E-state index in [0.29, 0.717) is 6.61 Å². The van der Waals surface area contributed by atoms with E-state index in [9.17, 15) is 4.79 Å². The molecule has 0 unspecified atom stereocenters. The van der Waals surface area contributed by atoms with Crippen molar-refractivity contribution in [1.82, 2.24) is 9.55 Å². The minimum absolute atomic E-state index is 0.241. The molecule has 0 bridgehead atoms. The van der Waals surface area contributed by atoms with E-state index in [2.05, 4.69) is 10.3 Å². The first-order valence-electron chi connectivity index (χ1n) is 6.67. The van der Waals surface area contributed by atoms with Gasteiger partial charge in [0, 0.05) is 24.6 Å². The molecule has 0 saturated heterocycles. The van der Waals surface area contributed by atoms with Crippen molar-refractivity contribution in [3.63, 3.8) is 0 Å². The Hall–Kier alpha value is -2.30. The first kappa shape index (κ1) is 14.1. The fourth-order valence-electron chi connectivity index (χ4n) is 1.87. The summed E-state index contributed by atoms with van der Waals surface area (Å²) >= 11 is 0. The van der Waals surface area contributed by atoms with Crippen molar-refractivity contribution >= 4 is 11.7 Å². The second-order valence-electron chi connectivity index (χ2n) is 4.55. The molecule has 0 saturated carbocycles. The van der Waals surface area contributed by atoms with Crippen molar-refractivity contribution in [2.24, 2.45) is 0 Å². The van der Waals surface area contributed by atoms with Crippen molar-refractivity contribution in [3.8, 4) is 0 Å². The Balaban J connectivity index is 1.92. The number of benzene rings is 1. The van der Waals surface area contributed by atoms with Crippen LogP contribution in [0.3, 0.4) is 0 Å². The molecule has 0 fully saturated rings. The number of rotatable bonds is 6. The summed E-state index contributed by atoms with van der Waals surface area (Å²) in [6.07, 6.45) is 5.47. The van der Waals surface area contributed by atoms with Crippen molar-refractivity contribution in [1.29, 1.82) is 0 Å². The first-order chi connectivity index (χ1) is 9.69. The fraction of sp³-hybridized carbons (Fsp3) is 0.333. The zero-order valence-electron chi connectivity index (χ0n) is 11.7. The van der Waals surface area contributed by atoms with Crippen LogP contribution in [-0.4, -0.2) is 28.2 Å². The Morgan fingerprint density at radius 2 is 2.15 bits per heavy atom. The van der Waals surface area contributed by atoms with Gasteiger partial charge in [0.25, 0.3) is 0 Å². The SMILES string of the molecule is CCOC(=O)[C@H](C)Nc1ccc(Cn2ccnc2)cc1. The minimum Gasteiger partial charge on any atom is -0.464 e. The second-order valence-corrected chi connectivity index (χ2v) is 4.55. The Morgan fingerprint density at radius 3 is 2.75 bits per heavy atom. The van der Waals surface area contributed by atoms with E-state index in [1.807, 2.05) is 35.0 Å². The minimum atomic E-state index is -0.352. The van der Waals surface area contributed by atoms with Crippen LogP contribution in [0.5, 0.6) is 0 Å². The summed E-state index contributed by atoms with van der Waals surface area (Å²) in [5.74, 6) is -0.241. The predicted molar refractivity (Wildman–Crippen MR) is 77.5 cm³/mol. The summed E-state index contributed by atoms with van der Waals surface area (Å²) in [5, 5.41) is 3.12. The second kappa shape index (κ2) is 6.75. The Kier molecular flexibility index (Phi) is 4.76. The molecule has 1 heterocycles. The van der Waals surface area contributed by atoms with Crippen LogP contribution in [-0.2, 0) is 16.1 Å². The Bertz CT molecular complexity index is 535. The number of carbonyl (C=O) groups is 1. The predicted octanol–water partition coefficient (Wildman–Crippen LogP) is 2.29. The van der Waals surface area contributed by atoms with E-state index >= 15 is 0 Å². The van der Waals surface area contributed by atoms with Crippen molar-refractivity contribution in [2.75, 3.05) is 11.9 Å². The standard InChI is InChI=1S/C15H19N3O2/c1-3-20-15(19)12(2)17-14-6-4-13(5-7-14)10-18-9-8-16-11-18/h4-9,11-12,17H,3,10H2,1-2H3/t12-/m0/s1. The van der Waals surface area contributed by atoms with Gasteiger partial charge < -0.3 is 14.6 Å². The molecule has 1 aromatic carbocycles. The molecule has 106 valence electrons. The third-order valence-electron chi connectivity index (χ3n) is 2.90. The van der Waals surface area contributed by atoms with Crippen LogP contribution in [0, 0.1) is 0 Å². The molecule has 1 aromatic heterocycles. The van der Waals surface area contributed by atoms with Gasteiger partial charge in [-0.05, 0) is 31.5 Å². The van der Waals surface area contributed by atoms with Gasteiger partial charge in [-0.3, -0.25) is 0 Å². The van der Waals surface area contributed by atoms with Gasteiger partial charge >= 0.3 is 5.97 Å². The molecule has 2 rings (SSSR count). The van der Waals surface area contributed by atoms with Gasteiger partial charge in [0.2, 0.25) is 0 Å². The number of hydrogen-bond acceptors (Lipinski definition) is 4. The van der Waals surface area contributed by atoms with Gasteiger partial charge in [0.15, 0.2) is 0 Å². The number of imidazole rings is 1. The topological polar surface area (TPSA) is 56.1 Å². The van der Waals surface area contributed by atoms with Crippen LogP contribution in [0.4, 0.5) is 5.69 Å². The molecule has 0 spiro atoms. The van der Waals surface area contributed by atoms with E-state index in [4.69, 9.17) is 4.74 Å². The molecular weight excluding hydrogens is 254 g/mol. The lowest BCUT2D eigenvalue weighted by molar-refractivity contribution is -0.143. The molecule has 2 aromatic rings. The zero-order valence-corrected chi connectivity index (χ0v) is 11.7. The molecule has 0 amide bonds. The van der Waals surface area contributed by atoms with E-state index in [0.717, 1.165) is 12.2 Å².